The van der Waals surface area contributed by atoms with E-state index < -0.39 is 0 Å². The summed E-state index contributed by atoms with van der Waals surface area (Å²) >= 11 is 3.38. The number of carbonyl (C=O) groups excluding carboxylic acids is 1. The molecule has 0 spiro atoms. The lowest BCUT2D eigenvalue weighted by molar-refractivity contribution is 0.0939. The smallest absolute Gasteiger partial charge is 0.252 e. The number of halogens is 1. The Morgan fingerprint density at radius 3 is 3.06 bits per heavy atom. The first-order valence-corrected chi connectivity index (χ1v) is 6.35. The molecule has 0 bridgehead atoms. The van der Waals surface area contributed by atoms with E-state index in [4.69, 9.17) is 4.74 Å². The Morgan fingerprint density at radius 1 is 1.59 bits per heavy atom. The average molecular weight is 299 g/mol. The third kappa shape index (κ3) is 2.98. The topological polar surface area (TPSA) is 50.4 Å². The SMILES string of the molecule is COc1ccc(Br)c(C(=O)NC2CCNC2)c1. The molecule has 1 atom stereocenters. The van der Waals surface area contributed by atoms with Crippen LogP contribution in [0.2, 0.25) is 0 Å². The lowest BCUT2D eigenvalue weighted by Crippen LogP contribution is -2.36. The largest absolute Gasteiger partial charge is 0.497 e. The quantitative estimate of drug-likeness (QED) is 0.890. The van der Waals surface area contributed by atoms with Crippen molar-refractivity contribution in [3.8, 4) is 5.75 Å². The maximum atomic E-state index is 12.1. The molecule has 1 fully saturated rings. The van der Waals surface area contributed by atoms with Crippen LogP contribution in [0.4, 0.5) is 0 Å². The van der Waals surface area contributed by atoms with Gasteiger partial charge in [-0.25, -0.2) is 0 Å². The van der Waals surface area contributed by atoms with Gasteiger partial charge >= 0.3 is 0 Å². The minimum absolute atomic E-state index is 0.0653. The standard InChI is InChI=1S/C12H15BrN2O2/c1-17-9-2-3-11(13)10(6-9)12(16)15-8-4-5-14-7-8/h2-3,6,8,14H,4-5,7H2,1H3,(H,15,16). The summed E-state index contributed by atoms with van der Waals surface area (Å²) < 4.78 is 5.90. The van der Waals surface area contributed by atoms with E-state index in [2.05, 4.69) is 26.6 Å². The van der Waals surface area contributed by atoms with E-state index in [1.165, 1.54) is 0 Å². The number of methoxy groups -OCH3 is 1. The predicted molar refractivity (Wildman–Crippen MR) is 69.4 cm³/mol. The number of carbonyl (C=O) groups is 1. The molecule has 1 aromatic rings. The van der Waals surface area contributed by atoms with Crippen molar-refractivity contribution in [3.63, 3.8) is 0 Å². The van der Waals surface area contributed by atoms with Gasteiger partial charge in [0.1, 0.15) is 5.75 Å². The molecule has 92 valence electrons. The number of hydrogen-bond donors (Lipinski definition) is 2. The molecule has 5 heteroatoms. The minimum atomic E-state index is -0.0653. The molecule has 0 aromatic heterocycles. The van der Waals surface area contributed by atoms with Gasteiger partial charge in [0.2, 0.25) is 0 Å². The number of ether oxygens (including phenoxy) is 1. The molecule has 0 saturated carbocycles. The number of benzene rings is 1. The number of hydrogen-bond acceptors (Lipinski definition) is 3. The Kier molecular flexibility index (Phi) is 4.02. The molecule has 2 rings (SSSR count). The molecular formula is C12H15BrN2O2. The van der Waals surface area contributed by atoms with E-state index in [0.29, 0.717) is 11.3 Å². The zero-order chi connectivity index (χ0) is 12.3. The highest BCUT2D eigenvalue weighted by Crippen LogP contribution is 2.22. The zero-order valence-corrected chi connectivity index (χ0v) is 11.2. The van der Waals surface area contributed by atoms with Gasteiger partial charge in [-0.1, -0.05) is 0 Å². The van der Waals surface area contributed by atoms with Crippen molar-refractivity contribution in [2.24, 2.45) is 0 Å². The third-order valence-electron chi connectivity index (χ3n) is 2.81. The van der Waals surface area contributed by atoms with Gasteiger partial charge in [-0.3, -0.25) is 4.79 Å². The van der Waals surface area contributed by atoms with E-state index in [-0.39, 0.29) is 11.9 Å². The van der Waals surface area contributed by atoms with Crippen molar-refractivity contribution in [1.29, 1.82) is 0 Å². The fraction of sp³-hybridized carbons (Fsp3) is 0.417. The summed E-state index contributed by atoms with van der Waals surface area (Å²) in [6, 6.07) is 5.60. The van der Waals surface area contributed by atoms with Crippen LogP contribution < -0.4 is 15.4 Å². The first kappa shape index (κ1) is 12.4. The Bertz CT molecular complexity index is 417. The summed E-state index contributed by atoms with van der Waals surface area (Å²) in [6.45, 7) is 1.80. The molecule has 1 heterocycles. The normalized spacial score (nSPS) is 19.1. The fourth-order valence-corrected chi connectivity index (χ4v) is 2.27. The van der Waals surface area contributed by atoms with Gasteiger partial charge in [-0.15, -0.1) is 0 Å². The van der Waals surface area contributed by atoms with Gasteiger partial charge < -0.3 is 15.4 Å². The molecular weight excluding hydrogens is 284 g/mol. The molecule has 2 N–H and O–H groups in total. The highest BCUT2D eigenvalue weighted by molar-refractivity contribution is 9.10. The van der Waals surface area contributed by atoms with Crippen molar-refractivity contribution in [2.75, 3.05) is 20.2 Å². The molecule has 1 aliphatic rings. The molecule has 0 radical (unpaired) electrons. The van der Waals surface area contributed by atoms with Crippen molar-refractivity contribution >= 4 is 21.8 Å². The van der Waals surface area contributed by atoms with E-state index >= 15 is 0 Å². The van der Waals surface area contributed by atoms with Crippen LogP contribution in [0.3, 0.4) is 0 Å². The first-order chi connectivity index (χ1) is 8.20. The Labute approximate surface area is 109 Å². The van der Waals surface area contributed by atoms with Crippen molar-refractivity contribution in [3.05, 3.63) is 28.2 Å². The maximum Gasteiger partial charge on any atom is 0.252 e. The van der Waals surface area contributed by atoms with Gasteiger partial charge in [0, 0.05) is 17.1 Å². The average Bonchev–Trinajstić information content (AvgIpc) is 2.82. The summed E-state index contributed by atoms with van der Waals surface area (Å²) in [6.07, 6.45) is 0.979. The highest BCUT2D eigenvalue weighted by atomic mass is 79.9. The van der Waals surface area contributed by atoms with Gasteiger partial charge in [0.25, 0.3) is 5.91 Å². The van der Waals surface area contributed by atoms with Crippen molar-refractivity contribution in [1.82, 2.24) is 10.6 Å². The van der Waals surface area contributed by atoms with Crippen molar-refractivity contribution < 1.29 is 9.53 Å². The molecule has 0 aliphatic carbocycles. The summed E-state index contributed by atoms with van der Waals surface area (Å²) in [5, 5.41) is 6.22. The highest BCUT2D eigenvalue weighted by Gasteiger charge is 2.19. The Hall–Kier alpha value is -1.07. The number of nitrogens with one attached hydrogen (secondary N) is 2. The van der Waals surface area contributed by atoms with Crippen LogP contribution in [0.5, 0.6) is 5.75 Å². The molecule has 17 heavy (non-hydrogen) atoms. The van der Waals surface area contributed by atoms with E-state index in [0.717, 1.165) is 24.0 Å². The second-order valence-corrected chi connectivity index (χ2v) is 4.86. The van der Waals surface area contributed by atoms with E-state index in [1.54, 1.807) is 13.2 Å². The second-order valence-electron chi connectivity index (χ2n) is 4.01. The van der Waals surface area contributed by atoms with Gasteiger partial charge in [-0.05, 0) is 47.1 Å². The van der Waals surface area contributed by atoms with E-state index in [9.17, 15) is 4.79 Å². The van der Waals surface area contributed by atoms with Crippen LogP contribution in [-0.4, -0.2) is 32.1 Å². The summed E-state index contributed by atoms with van der Waals surface area (Å²) in [4.78, 5) is 12.1. The summed E-state index contributed by atoms with van der Waals surface area (Å²) in [7, 11) is 1.59. The first-order valence-electron chi connectivity index (χ1n) is 5.56. The zero-order valence-electron chi connectivity index (χ0n) is 9.63. The molecule has 1 aromatic carbocycles. The fourth-order valence-electron chi connectivity index (χ4n) is 1.85. The molecule has 1 unspecified atom stereocenters. The minimum Gasteiger partial charge on any atom is -0.497 e. The number of rotatable bonds is 3. The van der Waals surface area contributed by atoms with Gasteiger partial charge in [0.05, 0.1) is 12.7 Å². The summed E-state index contributed by atoms with van der Waals surface area (Å²) in [5.41, 5.74) is 0.608. The van der Waals surface area contributed by atoms with Gasteiger partial charge in [0.15, 0.2) is 0 Å². The van der Waals surface area contributed by atoms with Crippen LogP contribution in [0.15, 0.2) is 22.7 Å². The predicted octanol–water partition coefficient (Wildman–Crippen LogP) is 1.55. The Balaban J connectivity index is 2.11. The monoisotopic (exact) mass is 298 g/mol. The molecule has 1 saturated heterocycles. The maximum absolute atomic E-state index is 12.1. The molecule has 1 amide bonds. The number of amides is 1. The molecule has 4 nitrogen and oxygen atoms in total. The third-order valence-corrected chi connectivity index (χ3v) is 3.51. The van der Waals surface area contributed by atoms with Crippen LogP contribution >= 0.6 is 15.9 Å². The Morgan fingerprint density at radius 2 is 2.41 bits per heavy atom. The second kappa shape index (κ2) is 5.51. The van der Waals surface area contributed by atoms with Crippen LogP contribution in [0, 0.1) is 0 Å². The lowest BCUT2D eigenvalue weighted by atomic mass is 10.1. The molecule has 1 aliphatic heterocycles. The van der Waals surface area contributed by atoms with Crippen LogP contribution in [-0.2, 0) is 0 Å². The lowest BCUT2D eigenvalue weighted by Gasteiger charge is -2.13. The summed E-state index contributed by atoms with van der Waals surface area (Å²) in [5.74, 6) is 0.618. The van der Waals surface area contributed by atoms with Crippen LogP contribution in [0.25, 0.3) is 0 Å². The van der Waals surface area contributed by atoms with E-state index in [1.807, 2.05) is 12.1 Å². The van der Waals surface area contributed by atoms with Crippen molar-refractivity contribution in [2.45, 2.75) is 12.5 Å². The van der Waals surface area contributed by atoms with Crippen LogP contribution in [0.1, 0.15) is 16.8 Å². The van der Waals surface area contributed by atoms with Gasteiger partial charge in [-0.2, -0.15) is 0 Å².